The minimum atomic E-state index is -2.44. The van der Waals surface area contributed by atoms with E-state index in [0.29, 0.717) is 59.4 Å². The maximum atomic E-state index is 14.6. The zero-order chi connectivity index (χ0) is 28.8. The van der Waals surface area contributed by atoms with Gasteiger partial charge in [0.2, 0.25) is 0 Å². The van der Waals surface area contributed by atoms with Crippen LogP contribution in [0, 0.1) is 0 Å². The van der Waals surface area contributed by atoms with E-state index in [-0.39, 0.29) is 31.1 Å². The second-order valence-corrected chi connectivity index (χ2v) is 11.0. The molecule has 0 radical (unpaired) electrons. The number of fused-ring (bicyclic) bond motifs is 2. The molecule has 1 aromatic carbocycles. The van der Waals surface area contributed by atoms with E-state index >= 15 is 0 Å². The number of carbonyl (C=O) groups is 2. The second kappa shape index (κ2) is 10.9. The van der Waals surface area contributed by atoms with Crippen molar-refractivity contribution in [2.45, 2.75) is 38.6 Å². The van der Waals surface area contributed by atoms with Crippen LogP contribution in [0.3, 0.4) is 0 Å². The van der Waals surface area contributed by atoms with Crippen LogP contribution < -0.4 is 10.2 Å². The van der Waals surface area contributed by atoms with E-state index in [4.69, 9.17) is 11.6 Å². The number of alkyl halides is 3. The fraction of sp³-hybridized carbons (Fsp3) is 0.462. The van der Waals surface area contributed by atoms with Gasteiger partial charge in [-0.3, -0.25) is 14.5 Å². The van der Waals surface area contributed by atoms with Crippen LogP contribution in [-0.2, 0) is 6.54 Å². The Morgan fingerprint density at radius 3 is 2.55 bits per heavy atom. The molecule has 3 aromatic rings. The number of aliphatic hydroxyl groups is 1. The fourth-order valence-electron chi connectivity index (χ4n) is 4.91. The normalized spacial score (nSPS) is 17.1. The van der Waals surface area contributed by atoms with Crippen molar-refractivity contribution in [2.24, 2.45) is 0 Å². The van der Waals surface area contributed by atoms with E-state index in [1.54, 1.807) is 17.0 Å². The van der Waals surface area contributed by atoms with Gasteiger partial charge in [0, 0.05) is 44.5 Å². The van der Waals surface area contributed by atoms with Gasteiger partial charge in [-0.25, -0.2) is 22.7 Å². The molecule has 0 saturated carbocycles. The van der Waals surface area contributed by atoms with Gasteiger partial charge in [-0.15, -0.1) is 0 Å². The van der Waals surface area contributed by atoms with Gasteiger partial charge in [0.05, 0.1) is 47.5 Å². The van der Waals surface area contributed by atoms with Crippen LogP contribution in [0.15, 0.2) is 30.7 Å². The summed E-state index contributed by atoms with van der Waals surface area (Å²) >= 11 is 5.97. The zero-order valence-electron chi connectivity index (χ0n) is 22.0. The van der Waals surface area contributed by atoms with E-state index in [1.165, 1.54) is 41.9 Å². The lowest BCUT2D eigenvalue weighted by Crippen LogP contribution is -2.48. The number of carbonyl (C=O) groups excluding carboxylic acids is 2. The largest absolute Gasteiger partial charge is 0.387 e. The molecular formula is C26H29ClF3N7O3. The number of piperazine rings is 1. The third-order valence-electron chi connectivity index (χ3n) is 7.17. The standard InChI is InChI=1S/C26H29ClF3N7O3/c1-26(2,40)21(28)13-36-11-15-7-19(33-24(38)18-10-32-37-12-16(27)9-31-23(18)37)20(8-17(15)25(36)39)35-5-3-34(4-6-35)14-22(29)30/h7-10,12,21-22,40H,3-6,11,13-14H2,1-2H3,(H,33,38)/t21-/m1/s1. The average molecular weight is 580 g/mol. The van der Waals surface area contributed by atoms with Gasteiger partial charge < -0.3 is 20.2 Å². The van der Waals surface area contributed by atoms with Crippen LogP contribution >= 0.6 is 11.6 Å². The SMILES string of the molecule is CC(C)(O)[C@H](F)CN1Cc2cc(NC(=O)c3cnn4cc(Cl)cnc34)c(N3CCN(CC(F)F)CC3)cc2C1=O. The number of anilines is 2. The number of hydrogen-bond donors (Lipinski definition) is 2. The van der Waals surface area contributed by atoms with E-state index < -0.39 is 24.1 Å². The van der Waals surface area contributed by atoms with Crippen LogP contribution in [0.5, 0.6) is 0 Å². The number of nitrogens with zero attached hydrogens (tertiary/aromatic N) is 6. The quantitative estimate of drug-likeness (QED) is 0.422. The zero-order valence-corrected chi connectivity index (χ0v) is 22.7. The Balaban J connectivity index is 1.45. The summed E-state index contributed by atoms with van der Waals surface area (Å²) in [5.41, 5.74) is 0.787. The number of benzene rings is 1. The molecule has 4 heterocycles. The molecular weight excluding hydrogens is 551 g/mol. The molecule has 0 unspecified atom stereocenters. The van der Waals surface area contributed by atoms with Gasteiger partial charge in [0.25, 0.3) is 18.2 Å². The molecule has 5 rings (SSSR count). The lowest BCUT2D eigenvalue weighted by molar-refractivity contribution is -0.0159. The van der Waals surface area contributed by atoms with Gasteiger partial charge in [0.1, 0.15) is 11.7 Å². The molecule has 2 aliphatic heterocycles. The Hall–Kier alpha value is -3.42. The molecule has 2 amide bonds. The third-order valence-corrected chi connectivity index (χ3v) is 7.37. The minimum Gasteiger partial charge on any atom is -0.387 e. The molecule has 0 spiro atoms. The number of halogens is 4. The molecule has 2 aromatic heterocycles. The molecule has 2 aliphatic rings. The molecule has 0 aliphatic carbocycles. The Labute approximate surface area is 233 Å². The molecule has 0 bridgehead atoms. The molecule has 10 nitrogen and oxygen atoms in total. The van der Waals surface area contributed by atoms with Crippen LogP contribution in [-0.4, -0.2) is 98.8 Å². The molecule has 1 fully saturated rings. The molecule has 2 N–H and O–H groups in total. The van der Waals surface area contributed by atoms with Crippen molar-refractivity contribution >= 4 is 40.4 Å². The minimum absolute atomic E-state index is 0.104. The monoisotopic (exact) mass is 579 g/mol. The summed E-state index contributed by atoms with van der Waals surface area (Å²) < 4.78 is 41.8. The molecule has 14 heteroatoms. The van der Waals surface area contributed by atoms with Gasteiger partial charge >= 0.3 is 0 Å². The maximum Gasteiger partial charge on any atom is 0.261 e. The van der Waals surface area contributed by atoms with Crippen molar-refractivity contribution in [3.05, 3.63) is 52.4 Å². The highest BCUT2D eigenvalue weighted by atomic mass is 35.5. The third kappa shape index (κ3) is 5.72. The summed E-state index contributed by atoms with van der Waals surface area (Å²) in [6, 6.07) is 3.33. The Morgan fingerprint density at radius 1 is 1.15 bits per heavy atom. The molecule has 1 saturated heterocycles. The highest BCUT2D eigenvalue weighted by Gasteiger charge is 2.36. The first-order valence-electron chi connectivity index (χ1n) is 12.8. The Kier molecular flexibility index (Phi) is 7.64. The Morgan fingerprint density at radius 2 is 1.88 bits per heavy atom. The van der Waals surface area contributed by atoms with E-state index in [1.807, 2.05) is 4.90 Å². The van der Waals surface area contributed by atoms with E-state index in [2.05, 4.69) is 15.4 Å². The summed E-state index contributed by atoms with van der Waals surface area (Å²) in [6.07, 6.45) is 0.187. The second-order valence-electron chi connectivity index (χ2n) is 10.6. The van der Waals surface area contributed by atoms with E-state index in [0.717, 1.165) is 0 Å². The van der Waals surface area contributed by atoms with Gasteiger partial charge in [-0.05, 0) is 31.5 Å². The van der Waals surface area contributed by atoms with Crippen molar-refractivity contribution in [2.75, 3.05) is 49.5 Å². The lowest BCUT2D eigenvalue weighted by atomic mass is 10.0. The molecule has 1 atom stereocenters. The topological polar surface area (TPSA) is 106 Å². The van der Waals surface area contributed by atoms with E-state index in [9.17, 15) is 27.9 Å². The average Bonchev–Trinajstić information content (AvgIpc) is 3.43. The first-order valence-corrected chi connectivity index (χ1v) is 13.2. The predicted octanol–water partition coefficient (Wildman–Crippen LogP) is 3.09. The summed E-state index contributed by atoms with van der Waals surface area (Å²) in [5, 5.41) is 17.4. The number of hydrogen-bond acceptors (Lipinski definition) is 7. The lowest BCUT2D eigenvalue weighted by Gasteiger charge is -2.37. The number of amides is 2. The first kappa shape index (κ1) is 28.1. The summed E-state index contributed by atoms with van der Waals surface area (Å²) in [4.78, 5) is 35.7. The summed E-state index contributed by atoms with van der Waals surface area (Å²) in [6.45, 7) is 3.71. The number of nitrogens with one attached hydrogen (secondary N) is 1. The smallest absolute Gasteiger partial charge is 0.261 e. The number of rotatable bonds is 8. The van der Waals surface area contributed by atoms with Crippen molar-refractivity contribution in [3.8, 4) is 0 Å². The predicted molar refractivity (Wildman–Crippen MR) is 143 cm³/mol. The van der Waals surface area contributed by atoms with Gasteiger partial charge in [-0.2, -0.15) is 5.10 Å². The van der Waals surface area contributed by atoms with Crippen LogP contribution in [0.25, 0.3) is 5.65 Å². The molecule has 214 valence electrons. The van der Waals surface area contributed by atoms with Crippen molar-refractivity contribution < 1.29 is 27.9 Å². The highest BCUT2D eigenvalue weighted by molar-refractivity contribution is 6.30. The van der Waals surface area contributed by atoms with Crippen molar-refractivity contribution in [1.82, 2.24) is 24.4 Å². The summed E-state index contributed by atoms with van der Waals surface area (Å²) in [7, 11) is 0. The maximum absolute atomic E-state index is 14.6. The van der Waals surface area contributed by atoms with Gasteiger partial charge in [-0.1, -0.05) is 11.6 Å². The van der Waals surface area contributed by atoms with Crippen LogP contribution in [0.1, 0.15) is 40.1 Å². The highest BCUT2D eigenvalue weighted by Crippen LogP contribution is 2.36. The Bertz CT molecular complexity index is 1440. The van der Waals surface area contributed by atoms with Gasteiger partial charge in [0.15, 0.2) is 5.65 Å². The van der Waals surface area contributed by atoms with Crippen molar-refractivity contribution in [1.29, 1.82) is 0 Å². The molecule has 40 heavy (non-hydrogen) atoms. The number of aromatic nitrogens is 3. The van der Waals surface area contributed by atoms with Crippen molar-refractivity contribution in [3.63, 3.8) is 0 Å². The first-order chi connectivity index (χ1) is 18.9. The summed E-state index contributed by atoms with van der Waals surface area (Å²) in [5.74, 6) is -0.879. The van der Waals surface area contributed by atoms with Crippen LogP contribution in [0.4, 0.5) is 24.5 Å². The van der Waals surface area contributed by atoms with Crippen LogP contribution in [0.2, 0.25) is 5.02 Å². The fourth-order valence-corrected chi connectivity index (χ4v) is 5.05.